The normalized spacial score (nSPS) is 13.5. The van der Waals surface area contributed by atoms with Gasteiger partial charge in [-0.25, -0.2) is 13.8 Å². The maximum Gasteiger partial charge on any atom is 1.00 e. The summed E-state index contributed by atoms with van der Waals surface area (Å²) >= 11 is 3.15. The molecule has 0 amide bonds. The number of carboxylic acid groups (broad SMARTS) is 1. The number of carbonyl (C=O) groups is 1. The van der Waals surface area contributed by atoms with Crippen molar-refractivity contribution in [3.8, 4) is 5.88 Å². The van der Waals surface area contributed by atoms with Gasteiger partial charge in [0.2, 0.25) is 5.88 Å². The van der Waals surface area contributed by atoms with Gasteiger partial charge in [0.05, 0.1) is 11.5 Å². The van der Waals surface area contributed by atoms with Crippen molar-refractivity contribution in [2.75, 3.05) is 0 Å². The van der Waals surface area contributed by atoms with E-state index < -0.39 is 34.9 Å². The van der Waals surface area contributed by atoms with Crippen LogP contribution in [0.1, 0.15) is 51.9 Å². The molecule has 182 valence electrons. The first-order valence-corrected chi connectivity index (χ1v) is 11.2. The molecule has 4 rings (SSSR count). The van der Waals surface area contributed by atoms with Crippen molar-refractivity contribution in [3.05, 3.63) is 92.6 Å². The Bertz CT molecular complexity index is 1340. The van der Waals surface area contributed by atoms with Gasteiger partial charge in [0, 0.05) is 27.4 Å². The van der Waals surface area contributed by atoms with E-state index in [1.807, 2.05) is 0 Å². The molecule has 36 heavy (non-hydrogen) atoms. The van der Waals surface area contributed by atoms with Crippen molar-refractivity contribution in [2.24, 2.45) is 0 Å². The summed E-state index contributed by atoms with van der Waals surface area (Å²) < 4.78 is 74.7. The zero-order valence-electron chi connectivity index (χ0n) is 18.9. The molecule has 3 aromatic rings. The molecule has 0 bridgehead atoms. The van der Waals surface area contributed by atoms with Gasteiger partial charge in [-0.3, -0.25) is 0 Å². The number of aromatic carboxylic acids is 1. The number of ether oxygens (including phenoxy) is 1. The Hall–Kier alpha value is -2.27. The molecular weight excluding hydrogens is 560 g/mol. The zero-order valence-corrected chi connectivity index (χ0v) is 22.5. The van der Waals surface area contributed by atoms with Gasteiger partial charge < -0.3 is 14.6 Å². The summed E-state index contributed by atoms with van der Waals surface area (Å²) in [5.74, 6) is -3.37. The topological polar surface area (TPSA) is 62.2 Å². The number of hydrogen-bond acceptors (Lipinski definition) is 4. The molecule has 0 unspecified atom stereocenters. The maximum atomic E-state index is 14.2. The van der Waals surface area contributed by atoms with Crippen LogP contribution in [-0.4, -0.2) is 11.0 Å². The predicted molar refractivity (Wildman–Crippen MR) is 119 cm³/mol. The number of rotatable bonds is 6. The number of carboxylic acids is 1. The second-order valence-corrected chi connectivity index (χ2v) is 8.81. The van der Waals surface area contributed by atoms with E-state index in [-0.39, 0.29) is 53.2 Å². The molecule has 4 nitrogen and oxygen atoms in total. The molecule has 1 aliphatic carbocycles. The monoisotopic (exact) mass is 575 g/mol. The van der Waals surface area contributed by atoms with Crippen molar-refractivity contribution in [2.45, 2.75) is 32.0 Å². The van der Waals surface area contributed by atoms with Crippen LogP contribution in [0, 0.1) is 11.6 Å². The molecule has 1 heterocycles. The van der Waals surface area contributed by atoms with Crippen molar-refractivity contribution < 1.29 is 66.1 Å². The molecule has 0 saturated heterocycles. The van der Waals surface area contributed by atoms with Crippen molar-refractivity contribution >= 4 is 33.0 Å². The van der Waals surface area contributed by atoms with E-state index in [2.05, 4.69) is 20.9 Å². The first-order chi connectivity index (χ1) is 16.5. The Morgan fingerprint density at radius 1 is 1.03 bits per heavy atom. The van der Waals surface area contributed by atoms with Gasteiger partial charge in [0.1, 0.15) is 18.2 Å². The molecule has 11 heteroatoms. The molecule has 1 aliphatic rings. The number of halogens is 6. The number of allylic oxidation sites excluding steroid dienone is 2. The number of benzene rings is 2. The maximum absolute atomic E-state index is 14.2. The van der Waals surface area contributed by atoms with E-state index in [4.69, 9.17) is 4.74 Å². The molecule has 0 radical (unpaired) electrons. The molecule has 0 fully saturated rings. The fourth-order valence-electron chi connectivity index (χ4n) is 3.95. The molecule has 0 N–H and O–H groups in total. The molecule has 2 aromatic carbocycles. The van der Waals surface area contributed by atoms with Gasteiger partial charge in [-0.05, 0) is 66.3 Å². The van der Waals surface area contributed by atoms with Crippen LogP contribution in [0.5, 0.6) is 5.88 Å². The summed E-state index contributed by atoms with van der Waals surface area (Å²) in [6.07, 6.45) is -2.68. The van der Waals surface area contributed by atoms with Crippen molar-refractivity contribution in [1.29, 1.82) is 0 Å². The van der Waals surface area contributed by atoms with Crippen LogP contribution in [0.2, 0.25) is 0 Å². The van der Waals surface area contributed by atoms with Crippen molar-refractivity contribution in [3.63, 3.8) is 0 Å². The summed E-state index contributed by atoms with van der Waals surface area (Å²) in [5.41, 5.74) is -0.0455. The zero-order chi connectivity index (χ0) is 25.3. The second kappa shape index (κ2) is 11.4. The molecule has 0 saturated carbocycles. The van der Waals surface area contributed by atoms with Crippen LogP contribution in [0.3, 0.4) is 0 Å². The Morgan fingerprint density at radius 3 is 2.42 bits per heavy atom. The number of hydrogen-bond donors (Lipinski definition) is 0. The van der Waals surface area contributed by atoms with E-state index in [1.54, 1.807) is 6.07 Å². The summed E-state index contributed by atoms with van der Waals surface area (Å²) in [6.45, 7) is -0.279. The van der Waals surface area contributed by atoms with Gasteiger partial charge in [-0.1, -0.05) is 28.1 Å². The third-order valence-corrected chi connectivity index (χ3v) is 6.13. The summed E-state index contributed by atoms with van der Waals surface area (Å²) in [5, 5.41) is 11.3. The van der Waals surface area contributed by atoms with Crippen LogP contribution in [0.25, 0.3) is 11.1 Å². The van der Waals surface area contributed by atoms with Crippen LogP contribution >= 0.6 is 15.9 Å². The number of alkyl halides is 3. The number of aromatic nitrogens is 1. The Balaban J connectivity index is 0.00000361. The number of carbonyl (C=O) groups excluding carboxylic acids is 1. The fourth-order valence-corrected chi connectivity index (χ4v) is 4.29. The minimum absolute atomic E-state index is 0. The van der Waals surface area contributed by atoms with Crippen LogP contribution in [0.15, 0.2) is 53.1 Å². The smallest absolute Gasteiger partial charge is 0.545 e. The molecule has 0 aliphatic heterocycles. The fraction of sp³-hybridized carbons (Fsp3) is 0.200. The average molecular weight is 576 g/mol. The van der Waals surface area contributed by atoms with E-state index in [1.165, 1.54) is 18.2 Å². The van der Waals surface area contributed by atoms with Gasteiger partial charge in [0.25, 0.3) is 0 Å². The molecule has 0 atom stereocenters. The van der Waals surface area contributed by atoms with Gasteiger partial charge in [0.15, 0.2) is 0 Å². The van der Waals surface area contributed by atoms with E-state index in [0.717, 1.165) is 18.2 Å². The summed E-state index contributed by atoms with van der Waals surface area (Å²) in [7, 11) is 0. The Labute approximate surface area is 233 Å². The first kappa shape index (κ1) is 28.3. The van der Waals surface area contributed by atoms with Crippen molar-refractivity contribution in [1.82, 2.24) is 4.98 Å². The Morgan fingerprint density at radius 2 is 1.75 bits per heavy atom. The minimum atomic E-state index is -4.67. The molecular formula is C25H16BrF5NNaO3. The van der Waals surface area contributed by atoms with E-state index >= 15 is 0 Å². The third kappa shape index (κ3) is 6.16. The van der Waals surface area contributed by atoms with E-state index in [9.17, 15) is 31.9 Å². The number of pyridine rings is 1. The van der Waals surface area contributed by atoms with Gasteiger partial charge in [-0.15, -0.1) is 0 Å². The van der Waals surface area contributed by atoms with Gasteiger partial charge in [-0.2, -0.15) is 13.2 Å². The summed E-state index contributed by atoms with van der Waals surface area (Å²) in [4.78, 5) is 15.1. The molecule has 1 aromatic heterocycles. The first-order valence-electron chi connectivity index (χ1n) is 10.4. The predicted octanol–water partition coefficient (Wildman–Crippen LogP) is 3.18. The SMILES string of the molecule is O=C([O-])c1cc(C2=C(c3cc(C(F)(F)F)cnc3OCc3ccc(Br)cc3F)CCC2)ccc1F.[Na+]. The summed E-state index contributed by atoms with van der Waals surface area (Å²) in [6, 6.07) is 8.66. The largest absolute Gasteiger partial charge is 1.00 e. The van der Waals surface area contributed by atoms with Crippen LogP contribution < -0.4 is 39.4 Å². The quantitative estimate of drug-likeness (QED) is 0.335. The second-order valence-electron chi connectivity index (χ2n) is 7.89. The van der Waals surface area contributed by atoms with Crippen LogP contribution in [0.4, 0.5) is 22.0 Å². The Kier molecular flexibility index (Phi) is 8.97. The average Bonchev–Trinajstić information content (AvgIpc) is 3.27. The number of nitrogens with zero attached hydrogens (tertiary/aromatic N) is 1. The van der Waals surface area contributed by atoms with Gasteiger partial charge >= 0.3 is 35.7 Å². The van der Waals surface area contributed by atoms with Crippen LogP contribution in [-0.2, 0) is 12.8 Å². The molecule has 0 spiro atoms. The van der Waals surface area contributed by atoms with E-state index in [0.29, 0.717) is 46.6 Å². The third-order valence-electron chi connectivity index (χ3n) is 5.64. The minimum Gasteiger partial charge on any atom is -0.545 e. The standard InChI is InChI=1S/C25H17BrF5NO3.Na/c26-16-6-4-14(22(28)10-16)12-35-23-19(9-15(11-32-23)25(29,30)31)18-3-1-2-17(18)13-5-7-21(27)20(8-13)24(33)34;/h4-11H,1-3,12H2,(H,33,34);/q;+1/p-1.